The summed E-state index contributed by atoms with van der Waals surface area (Å²) < 4.78 is 2.62. The number of benzene rings is 1. The molecule has 2 aromatic rings. The Bertz CT molecular complexity index is 507. The van der Waals surface area contributed by atoms with E-state index < -0.39 is 0 Å². The van der Waals surface area contributed by atoms with Crippen molar-refractivity contribution in [3.05, 3.63) is 45.1 Å². The van der Waals surface area contributed by atoms with E-state index in [0.29, 0.717) is 10.7 Å². The number of hydrogen-bond donors (Lipinski definition) is 1. The van der Waals surface area contributed by atoms with E-state index in [4.69, 9.17) is 16.7 Å². The number of aromatic nitrogens is 2. The average Bonchev–Trinajstić information content (AvgIpc) is 2.55. The number of aryl methyl sites for hydroxylation is 1. The summed E-state index contributed by atoms with van der Waals surface area (Å²) in [6, 6.07) is 7.65. The molecule has 0 unspecified atom stereocenters. The first-order valence-corrected chi connectivity index (χ1v) is 5.91. The third kappa shape index (κ3) is 2.00. The summed E-state index contributed by atoms with van der Waals surface area (Å²) in [6.07, 6.45) is 0. The summed E-state index contributed by atoms with van der Waals surface area (Å²) in [4.78, 5) is 0. The van der Waals surface area contributed by atoms with Gasteiger partial charge in [0.2, 0.25) is 0 Å². The van der Waals surface area contributed by atoms with Gasteiger partial charge in [0.15, 0.2) is 0 Å². The highest BCUT2D eigenvalue weighted by Crippen LogP contribution is 2.24. The summed E-state index contributed by atoms with van der Waals surface area (Å²) in [5.74, 6) is 0. The van der Waals surface area contributed by atoms with Crippen LogP contribution in [0.5, 0.6) is 0 Å². The zero-order chi connectivity index (χ0) is 11.7. The van der Waals surface area contributed by atoms with Gasteiger partial charge in [0.05, 0.1) is 18.0 Å². The molecule has 0 radical (unpaired) electrons. The second-order valence-electron chi connectivity index (χ2n) is 3.40. The summed E-state index contributed by atoms with van der Waals surface area (Å²) in [6.45, 7) is 1.73. The fraction of sp³-hybridized carbons (Fsp3) is 0.182. The van der Waals surface area contributed by atoms with E-state index in [-0.39, 0.29) is 6.61 Å². The van der Waals surface area contributed by atoms with Crippen molar-refractivity contribution in [1.29, 1.82) is 0 Å². The van der Waals surface area contributed by atoms with Crippen LogP contribution in [0.1, 0.15) is 11.3 Å². The molecule has 0 aliphatic carbocycles. The van der Waals surface area contributed by atoms with E-state index in [1.165, 1.54) is 0 Å². The van der Waals surface area contributed by atoms with E-state index in [9.17, 15) is 0 Å². The van der Waals surface area contributed by atoms with Gasteiger partial charge in [-0.3, -0.25) is 0 Å². The van der Waals surface area contributed by atoms with Gasteiger partial charge in [-0.05, 0) is 31.2 Å². The second-order valence-corrected chi connectivity index (χ2v) is 4.67. The molecule has 5 heteroatoms. The van der Waals surface area contributed by atoms with Gasteiger partial charge in [-0.25, -0.2) is 4.68 Å². The van der Waals surface area contributed by atoms with Gasteiger partial charge in [0.25, 0.3) is 0 Å². The van der Waals surface area contributed by atoms with Crippen LogP contribution >= 0.6 is 27.5 Å². The molecule has 0 aliphatic rings. The Balaban J connectivity index is 2.52. The molecule has 16 heavy (non-hydrogen) atoms. The molecule has 1 aromatic carbocycles. The lowest BCUT2D eigenvalue weighted by atomic mass is 10.3. The third-order valence-corrected chi connectivity index (χ3v) is 3.27. The smallest absolute Gasteiger partial charge is 0.138 e. The normalized spacial score (nSPS) is 10.8. The number of hydrogen-bond acceptors (Lipinski definition) is 2. The lowest BCUT2D eigenvalue weighted by Gasteiger charge is -2.03. The minimum Gasteiger partial charge on any atom is -0.391 e. The first kappa shape index (κ1) is 11.6. The van der Waals surface area contributed by atoms with Crippen LogP contribution in [0.4, 0.5) is 0 Å². The Morgan fingerprint density at radius 1 is 1.38 bits per heavy atom. The summed E-state index contributed by atoms with van der Waals surface area (Å²) in [7, 11) is 0. The Labute approximate surface area is 107 Å². The van der Waals surface area contributed by atoms with Crippen LogP contribution in [0.2, 0.25) is 5.15 Å². The minimum absolute atomic E-state index is 0.0960. The Morgan fingerprint density at radius 3 is 2.50 bits per heavy atom. The van der Waals surface area contributed by atoms with E-state index in [1.807, 2.05) is 31.2 Å². The molecule has 0 saturated carbocycles. The number of halogens is 2. The molecule has 1 aromatic heterocycles. The molecule has 0 aliphatic heterocycles. The predicted octanol–water partition coefficient (Wildman–Crippen LogP) is 3.09. The largest absolute Gasteiger partial charge is 0.391 e. The van der Waals surface area contributed by atoms with Gasteiger partial charge in [0.1, 0.15) is 5.15 Å². The fourth-order valence-corrected chi connectivity index (χ4v) is 2.06. The van der Waals surface area contributed by atoms with Crippen molar-refractivity contribution in [3.8, 4) is 5.69 Å². The van der Waals surface area contributed by atoms with Gasteiger partial charge in [0, 0.05) is 10.0 Å². The van der Waals surface area contributed by atoms with E-state index in [0.717, 1.165) is 15.9 Å². The Hall–Kier alpha value is -0.840. The lowest BCUT2D eigenvalue weighted by Crippen LogP contribution is -1.96. The topological polar surface area (TPSA) is 38.0 Å². The van der Waals surface area contributed by atoms with E-state index in [1.54, 1.807) is 4.68 Å². The standard InChI is InChI=1S/C11H10BrClN2O/c1-7-10(6-16)11(13)15(14-7)9-4-2-8(12)3-5-9/h2-5,16H,6H2,1H3. The fourth-order valence-electron chi connectivity index (χ4n) is 1.46. The molecule has 0 spiro atoms. The number of aliphatic hydroxyl groups excluding tert-OH is 1. The lowest BCUT2D eigenvalue weighted by molar-refractivity contribution is 0.281. The molecule has 0 saturated heterocycles. The molecule has 0 atom stereocenters. The van der Waals surface area contributed by atoms with Crippen molar-refractivity contribution in [3.63, 3.8) is 0 Å². The van der Waals surface area contributed by atoms with Crippen LogP contribution in [-0.2, 0) is 6.61 Å². The molecule has 0 fully saturated rings. The van der Waals surface area contributed by atoms with Crippen molar-refractivity contribution in [1.82, 2.24) is 9.78 Å². The van der Waals surface area contributed by atoms with Crippen LogP contribution in [0.3, 0.4) is 0 Å². The van der Waals surface area contributed by atoms with Gasteiger partial charge < -0.3 is 5.11 Å². The molecule has 2 rings (SSSR count). The van der Waals surface area contributed by atoms with Crippen LogP contribution in [-0.4, -0.2) is 14.9 Å². The van der Waals surface area contributed by atoms with Crippen LogP contribution in [0.15, 0.2) is 28.7 Å². The molecule has 1 N–H and O–H groups in total. The molecular formula is C11H10BrClN2O. The maximum Gasteiger partial charge on any atom is 0.138 e. The van der Waals surface area contributed by atoms with Crippen LogP contribution in [0.25, 0.3) is 5.69 Å². The SMILES string of the molecule is Cc1nn(-c2ccc(Br)cc2)c(Cl)c1CO. The monoisotopic (exact) mass is 300 g/mol. The highest BCUT2D eigenvalue weighted by atomic mass is 79.9. The summed E-state index contributed by atoms with van der Waals surface area (Å²) >= 11 is 9.50. The maximum absolute atomic E-state index is 9.16. The molecule has 0 amide bonds. The van der Waals surface area contributed by atoms with Gasteiger partial charge in [-0.2, -0.15) is 5.10 Å². The zero-order valence-electron chi connectivity index (χ0n) is 8.61. The maximum atomic E-state index is 9.16. The first-order chi connectivity index (χ1) is 7.63. The third-order valence-electron chi connectivity index (χ3n) is 2.35. The van der Waals surface area contributed by atoms with Crippen LogP contribution < -0.4 is 0 Å². The molecule has 84 valence electrons. The van der Waals surface area contributed by atoms with E-state index in [2.05, 4.69) is 21.0 Å². The Kier molecular flexibility index (Phi) is 3.33. The summed E-state index contributed by atoms with van der Waals surface area (Å²) in [5.41, 5.74) is 2.29. The van der Waals surface area contributed by atoms with Crippen molar-refractivity contribution in [2.45, 2.75) is 13.5 Å². The second kappa shape index (κ2) is 4.57. The molecule has 0 bridgehead atoms. The minimum atomic E-state index is -0.0960. The van der Waals surface area contributed by atoms with Crippen molar-refractivity contribution >= 4 is 27.5 Å². The number of nitrogens with zero attached hydrogens (tertiary/aromatic N) is 2. The highest BCUT2D eigenvalue weighted by Gasteiger charge is 2.13. The first-order valence-electron chi connectivity index (χ1n) is 4.74. The zero-order valence-corrected chi connectivity index (χ0v) is 11.0. The van der Waals surface area contributed by atoms with Crippen molar-refractivity contribution < 1.29 is 5.11 Å². The van der Waals surface area contributed by atoms with Crippen molar-refractivity contribution in [2.24, 2.45) is 0 Å². The van der Waals surface area contributed by atoms with Gasteiger partial charge in [-0.1, -0.05) is 27.5 Å². The highest BCUT2D eigenvalue weighted by molar-refractivity contribution is 9.10. The quantitative estimate of drug-likeness (QED) is 0.925. The average molecular weight is 302 g/mol. The molecule has 3 nitrogen and oxygen atoms in total. The van der Waals surface area contributed by atoms with Gasteiger partial charge >= 0.3 is 0 Å². The van der Waals surface area contributed by atoms with Crippen LogP contribution in [0, 0.1) is 6.92 Å². The van der Waals surface area contributed by atoms with E-state index >= 15 is 0 Å². The van der Waals surface area contributed by atoms with Crippen molar-refractivity contribution in [2.75, 3.05) is 0 Å². The van der Waals surface area contributed by atoms with Gasteiger partial charge in [-0.15, -0.1) is 0 Å². The molecule has 1 heterocycles. The Morgan fingerprint density at radius 2 is 2.00 bits per heavy atom. The predicted molar refractivity (Wildman–Crippen MR) is 66.9 cm³/mol. The summed E-state index contributed by atoms with van der Waals surface area (Å²) in [5, 5.41) is 13.9. The number of aliphatic hydroxyl groups is 1. The number of rotatable bonds is 2. The molecular weight excluding hydrogens is 291 g/mol.